The molecule has 1 aliphatic rings. The molecule has 0 radical (unpaired) electrons. The molecule has 1 heterocycles. The van der Waals surface area contributed by atoms with Crippen molar-refractivity contribution in [3.05, 3.63) is 23.8 Å². The molecule has 0 spiro atoms. The molecule has 0 atom stereocenters. The minimum Gasteiger partial charge on any atom is -0.281 e. The highest BCUT2D eigenvalue weighted by molar-refractivity contribution is 6.09. The van der Waals surface area contributed by atoms with Crippen LogP contribution in [0.4, 0.5) is 0 Å². The van der Waals surface area contributed by atoms with E-state index in [4.69, 9.17) is 0 Å². The van der Waals surface area contributed by atoms with E-state index in [0.717, 1.165) is 25.1 Å². The van der Waals surface area contributed by atoms with Crippen molar-refractivity contribution < 1.29 is 0 Å². The van der Waals surface area contributed by atoms with E-state index in [1.807, 2.05) is 0 Å². The Morgan fingerprint density at radius 3 is 2.77 bits per heavy atom. The third-order valence-corrected chi connectivity index (χ3v) is 2.41. The number of rotatable bonds is 4. The highest BCUT2D eigenvalue weighted by atomic mass is 14.8. The van der Waals surface area contributed by atoms with E-state index < -0.39 is 0 Å². The fourth-order valence-electron chi connectivity index (χ4n) is 1.44. The summed E-state index contributed by atoms with van der Waals surface area (Å²) in [5.74, 6) is 0.621. The van der Waals surface area contributed by atoms with E-state index in [-0.39, 0.29) is 0 Å². The Morgan fingerprint density at radius 1 is 1.62 bits per heavy atom. The third-order valence-electron chi connectivity index (χ3n) is 2.41. The zero-order valence-corrected chi connectivity index (χ0v) is 8.93. The van der Waals surface area contributed by atoms with Crippen LogP contribution in [0.1, 0.15) is 33.6 Å². The molecule has 0 saturated carbocycles. The summed E-state index contributed by atoms with van der Waals surface area (Å²) in [5, 5.41) is 0. The Kier molecular flexibility index (Phi) is 3.47. The smallest absolute Gasteiger partial charge is 0.0613 e. The van der Waals surface area contributed by atoms with Crippen molar-refractivity contribution in [2.45, 2.75) is 33.6 Å². The zero-order valence-electron chi connectivity index (χ0n) is 8.93. The van der Waals surface area contributed by atoms with Crippen molar-refractivity contribution in [1.82, 2.24) is 0 Å². The standard InChI is InChI=1S/C12H19N/c1-5-6-10(4)12-7-11(8-13-12)9(2)3/h7,9H,4-6,8H2,1-3H3. The molecule has 0 aromatic heterocycles. The molecule has 0 N–H and O–H groups in total. The predicted molar refractivity (Wildman–Crippen MR) is 59.3 cm³/mol. The maximum absolute atomic E-state index is 4.48. The Balaban J connectivity index is 2.60. The lowest BCUT2D eigenvalue weighted by molar-refractivity contribution is 0.754. The lowest BCUT2D eigenvalue weighted by Gasteiger charge is -2.02. The van der Waals surface area contributed by atoms with Gasteiger partial charge in [0.15, 0.2) is 0 Å². The topological polar surface area (TPSA) is 12.4 Å². The maximum atomic E-state index is 4.48. The fourth-order valence-corrected chi connectivity index (χ4v) is 1.44. The number of aliphatic imine (C=N–C) groups is 1. The van der Waals surface area contributed by atoms with E-state index in [9.17, 15) is 0 Å². The molecule has 1 rings (SSSR count). The van der Waals surface area contributed by atoms with E-state index in [1.165, 1.54) is 11.1 Å². The van der Waals surface area contributed by atoms with Crippen LogP contribution < -0.4 is 0 Å². The molecule has 0 aromatic rings. The van der Waals surface area contributed by atoms with Gasteiger partial charge in [0.2, 0.25) is 0 Å². The molecular formula is C12H19N. The quantitative estimate of drug-likeness (QED) is 0.624. The summed E-state index contributed by atoms with van der Waals surface area (Å²) in [6, 6.07) is 0. The average Bonchev–Trinajstić information content (AvgIpc) is 2.52. The first-order valence-electron chi connectivity index (χ1n) is 5.08. The molecule has 0 aromatic carbocycles. The Labute approximate surface area is 81.3 Å². The number of allylic oxidation sites excluding steroid dienone is 2. The van der Waals surface area contributed by atoms with Crippen LogP contribution >= 0.6 is 0 Å². The van der Waals surface area contributed by atoms with Crippen molar-refractivity contribution >= 4 is 5.71 Å². The Hall–Kier alpha value is -0.850. The fraction of sp³-hybridized carbons (Fsp3) is 0.583. The van der Waals surface area contributed by atoms with Gasteiger partial charge in [-0.25, -0.2) is 0 Å². The van der Waals surface area contributed by atoms with E-state index in [0.29, 0.717) is 5.92 Å². The van der Waals surface area contributed by atoms with Crippen molar-refractivity contribution in [3.63, 3.8) is 0 Å². The van der Waals surface area contributed by atoms with Crippen LogP contribution in [0.3, 0.4) is 0 Å². The highest BCUT2D eigenvalue weighted by Crippen LogP contribution is 2.19. The van der Waals surface area contributed by atoms with Crippen LogP contribution in [0.15, 0.2) is 28.8 Å². The SMILES string of the molecule is C=C(CCC)C1=NCC(C(C)C)=C1. The molecule has 0 amide bonds. The van der Waals surface area contributed by atoms with Gasteiger partial charge in [0.05, 0.1) is 12.3 Å². The van der Waals surface area contributed by atoms with Gasteiger partial charge in [-0.05, 0) is 29.6 Å². The summed E-state index contributed by atoms with van der Waals surface area (Å²) < 4.78 is 0. The van der Waals surface area contributed by atoms with Crippen molar-refractivity contribution in [3.8, 4) is 0 Å². The van der Waals surface area contributed by atoms with Gasteiger partial charge >= 0.3 is 0 Å². The maximum Gasteiger partial charge on any atom is 0.0613 e. The number of hydrogen-bond acceptors (Lipinski definition) is 1. The van der Waals surface area contributed by atoms with Crippen molar-refractivity contribution in [2.24, 2.45) is 10.9 Å². The zero-order chi connectivity index (χ0) is 9.84. The average molecular weight is 177 g/mol. The molecule has 13 heavy (non-hydrogen) atoms. The molecule has 0 aliphatic carbocycles. The molecule has 1 heteroatoms. The van der Waals surface area contributed by atoms with Crippen LogP contribution in [-0.2, 0) is 0 Å². The lowest BCUT2D eigenvalue weighted by Crippen LogP contribution is -1.96. The largest absolute Gasteiger partial charge is 0.281 e. The van der Waals surface area contributed by atoms with Crippen LogP contribution in [0.2, 0.25) is 0 Å². The molecule has 0 bridgehead atoms. The summed E-state index contributed by atoms with van der Waals surface area (Å²) >= 11 is 0. The van der Waals surface area contributed by atoms with Gasteiger partial charge in [-0.3, -0.25) is 4.99 Å². The second-order valence-corrected chi connectivity index (χ2v) is 3.93. The first-order valence-corrected chi connectivity index (χ1v) is 5.08. The van der Waals surface area contributed by atoms with Crippen LogP contribution in [0.25, 0.3) is 0 Å². The lowest BCUT2D eigenvalue weighted by atomic mass is 10.0. The third kappa shape index (κ3) is 2.55. The van der Waals surface area contributed by atoms with Gasteiger partial charge in [-0.2, -0.15) is 0 Å². The van der Waals surface area contributed by atoms with Gasteiger partial charge in [-0.15, -0.1) is 0 Å². The number of nitrogens with zero attached hydrogens (tertiary/aromatic N) is 1. The second-order valence-electron chi connectivity index (χ2n) is 3.93. The minimum atomic E-state index is 0.621. The Morgan fingerprint density at radius 2 is 2.31 bits per heavy atom. The predicted octanol–water partition coefficient (Wildman–Crippen LogP) is 3.38. The molecule has 1 nitrogen and oxygen atoms in total. The van der Waals surface area contributed by atoms with E-state index in [1.54, 1.807) is 0 Å². The first kappa shape index (κ1) is 10.2. The Bertz CT molecular complexity index is 256. The first-order chi connectivity index (χ1) is 6.15. The molecule has 72 valence electrons. The van der Waals surface area contributed by atoms with Gasteiger partial charge in [0.25, 0.3) is 0 Å². The van der Waals surface area contributed by atoms with Gasteiger partial charge in [0.1, 0.15) is 0 Å². The van der Waals surface area contributed by atoms with E-state index >= 15 is 0 Å². The molecule has 0 fully saturated rings. The second kappa shape index (κ2) is 4.40. The van der Waals surface area contributed by atoms with Gasteiger partial charge in [0, 0.05) is 0 Å². The molecule has 1 aliphatic heterocycles. The van der Waals surface area contributed by atoms with Gasteiger partial charge in [-0.1, -0.05) is 33.8 Å². The molecule has 0 unspecified atom stereocenters. The normalized spacial score (nSPS) is 16.0. The summed E-state index contributed by atoms with van der Waals surface area (Å²) in [7, 11) is 0. The van der Waals surface area contributed by atoms with Crippen LogP contribution in [-0.4, -0.2) is 12.3 Å². The van der Waals surface area contributed by atoms with Crippen molar-refractivity contribution in [1.29, 1.82) is 0 Å². The molecule has 0 saturated heterocycles. The van der Waals surface area contributed by atoms with E-state index in [2.05, 4.69) is 38.4 Å². The molecular weight excluding hydrogens is 158 g/mol. The minimum absolute atomic E-state index is 0.621. The highest BCUT2D eigenvalue weighted by Gasteiger charge is 2.12. The summed E-state index contributed by atoms with van der Waals surface area (Å²) in [4.78, 5) is 4.48. The summed E-state index contributed by atoms with van der Waals surface area (Å²) in [6.45, 7) is 11.5. The van der Waals surface area contributed by atoms with Gasteiger partial charge < -0.3 is 0 Å². The summed E-state index contributed by atoms with van der Waals surface area (Å²) in [6.07, 6.45) is 4.44. The number of hydrogen-bond donors (Lipinski definition) is 0. The van der Waals surface area contributed by atoms with Crippen molar-refractivity contribution in [2.75, 3.05) is 6.54 Å². The monoisotopic (exact) mass is 177 g/mol. The van der Waals surface area contributed by atoms with Crippen LogP contribution in [0.5, 0.6) is 0 Å². The summed E-state index contributed by atoms with van der Waals surface area (Å²) in [5.41, 5.74) is 3.76. The van der Waals surface area contributed by atoms with Crippen LogP contribution in [0, 0.1) is 5.92 Å².